The molecule has 27 heavy (non-hydrogen) atoms. The third-order valence-corrected chi connectivity index (χ3v) is 3.55. The largest absolute Gasteiger partial charge is 0.465 e. The lowest BCUT2D eigenvalue weighted by molar-refractivity contribution is 0.0600. The van der Waals surface area contributed by atoms with Crippen LogP contribution in [0.3, 0.4) is 0 Å². The fraction of sp³-hybridized carbons (Fsp3) is 0.0526. The number of anilines is 3. The molecule has 1 heterocycles. The van der Waals surface area contributed by atoms with Gasteiger partial charge in [-0.25, -0.2) is 19.2 Å². The molecule has 8 heteroatoms. The lowest BCUT2D eigenvalue weighted by Gasteiger charge is -2.07. The third-order valence-electron chi connectivity index (χ3n) is 3.55. The van der Waals surface area contributed by atoms with Crippen molar-refractivity contribution in [3.05, 3.63) is 78.0 Å². The van der Waals surface area contributed by atoms with E-state index in [4.69, 9.17) is 0 Å². The summed E-state index contributed by atoms with van der Waals surface area (Å²) in [5.74, 6) is -0.947. The van der Waals surface area contributed by atoms with E-state index >= 15 is 0 Å². The van der Waals surface area contributed by atoms with Gasteiger partial charge in [0.25, 0.3) is 5.91 Å². The maximum absolute atomic E-state index is 13.2. The number of esters is 1. The molecule has 0 radical (unpaired) electrons. The maximum Gasteiger partial charge on any atom is 0.337 e. The summed E-state index contributed by atoms with van der Waals surface area (Å²) in [4.78, 5) is 31.7. The van der Waals surface area contributed by atoms with Crippen molar-refractivity contribution in [2.24, 2.45) is 0 Å². The molecule has 0 saturated heterocycles. The maximum atomic E-state index is 13.2. The van der Waals surface area contributed by atoms with Gasteiger partial charge in [-0.2, -0.15) is 0 Å². The molecule has 0 atom stereocenters. The lowest BCUT2D eigenvalue weighted by atomic mass is 10.2. The number of carbonyl (C=O) groups excluding carboxylic acids is 2. The zero-order valence-electron chi connectivity index (χ0n) is 14.3. The first-order valence-corrected chi connectivity index (χ1v) is 7.89. The Balaban J connectivity index is 1.64. The van der Waals surface area contributed by atoms with E-state index in [9.17, 15) is 14.0 Å². The van der Waals surface area contributed by atoms with Gasteiger partial charge in [-0.3, -0.25) is 4.79 Å². The summed E-state index contributed by atoms with van der Waals surface area (Å²) < 4.78 is 17.8. The number of hydrogen-bond acceptors (Lipinski definition) is 6. The molecule has 136 valence electrons. The van der Waals surface area contributed by atoms with Crippen molar-refractivity contribution < 1.29 is 18.7 Å². The first kappa shape index (κ1) is 18.0. The lowest BCUT2D eigenvalue weighted by Crippen LogP contribution is -2.14. The van der Waals surface area contributed by atoms with Crippen molar-refractivity contribution in [1.82, 2.24) is 9.97 Å². The van der Waals surface area contributed by atoms with Crippen LogP contribution in [0.25, 0.3) is 0 Å². The second-order valence-corrected chi connectivity index (χ2v) is 5.45. The number of aromatic nitrogens is 2. The highest BCUT2D eigenvalue weighted by Crippen LogP contribution is 2.16. The Kier molecular flexibility index (Phi) is 5.36. The average molecular weight is 366 g/mol. The van der Waals surface area contributed by atoms with Crippen molar-refractivity contribution in [3.8, 4) is 0 Å². The second kappa shape index (κ2) is 8.05. The second-order valence-electron chi connectivity index (χ2n) is 5.45. The third kappa shape index (κ3) is 4.63. The number of ether oxygens (including phenoxy) is 1. The van der Waals surface area contributed by atoms with Crippen molar-refractivity contribution in [2.75, 3.05) is 17.7 Å². The summed E-state index contributed by atoms with van der Waals surface area (Å²) in [5.41, 5.74) is 1.54. The van der Waals surface area contributed by atoms with Crippen molar-refractivity contribution in [3.63, 3.8) is 0 Å². The van der Waals surface area contributed by atoms with Crippen molar-refractivity contribution >= 4 is 29.1 Å². The van der Waals surface area contributed by atoms with E-state index in [1.165, 1.54) is 37.7 Å². The van der Waals surface area contributed by atoms with Gasteiger partial charge in [0, 0.05) is 11.4 Å². The van der Waals surface area contributed by atoms with Gasteiger partial charge in [0.1, 0.15) is 17.3 Å². The predicted octanol–water partition coefficient (Wildman–Crippen LogP) is 3.40. The van der Waals surface area contributed by atoms with Crippen molar-refractivity contribution in [1.29, 1.82) is 0 Å². The van der Waals surface area contributed by atoms with E-state index < -0.39 is 17.7 Å². The highest BCUT2D eigenvalue weighted by molar-refractivity contribution is 6.02. The first-order chi connectivity index (χ1) is 13.0. The fourth-order valence-corrected chi connectivity index (χ4v) is 2.23. The quantitative estimate of drug-likeness (QED) is 0.672. The molecule has 0 aliphatic heterocycles. The number of benzene rings is 2. The van der Waals surface area contributed by atoms with Crippen LogP contribution in [0.2, 0.25) is 0 Å². The standard InChI is InChI=1S/C19H15FN4O3/c1-27-19(26)12-5-7-14(8-6-12)23-17-11-21-16(10-22-17)18(25)24-15-4-2-3-13(20)9-15/h2-11H,1H3,(H,22,23)(H,24,25). The normalized spacial score (nSPS) is 10.1. The van der Waals surface area contributed by atoms with Gasteiger partial charge in [0.15, 0.2) is 0 Å². The molecule has 3 aromatic rings. The number of amides is 1. The smallest absolute Gasteiger partial charge is 0.337 e. The van der Waals surface area contributed by atoms with Crippen LogP contribution in [0.1, 0.15) is 20.8 Å². The molecule has 0 aliphatic carbocycles. The van der Waals surface area contributed by atoms with E-state index in [0.29, 0.717) is 22.8 Å². The zero-order chi connectivity index (χ0) is 19.2. The number of hydrogen-bond donors (Lipinski definition) is 2. The van der Waals surface area contributed by atoms with E-state index in [1.54, 1.807) is 30.3 Å². The number of carbonyl (C=O) groups is 2. The van der Waals surface area contributed by atoms with Gasteiger partial charge in [-0.05, 0) is 42.5 Å². The molecule has 0 spiro atoms. The molecule has 2 aromatic carbocycles. The Hall–Kier alpha value is -3.81. The van der Waals surface area contributed by atoms with Crippen LogP contribution in [0.15, 0.2) is 60.9 Å². The van der Waals surface area contributed by atoms with E-state index in [2.05, 4.69) is 25.3 Å². The fourth-order valence-electron chi connectivity index (χ4n) is 2.23. The number of nitrogens with one attached hydrogen (secondary N) is 2. The van der Waals surface area contributed by atoms with Crippen LogP contribution >= 0.6 is 0 Å². The molecule has 0 unspecified atom stereocenters. The highest BCUT2D eigenvalue weighted by Gasteiger charge is 2.09. The molecule has 1 amide bonds. The molecule has 7 nitrogen and oxygen atoms in total. The van der Waals surface area contributed by atoms with E-state index in [-0.39, 0.29) is 5.69 Å². The van der Waals surface area contributed by atoms with Gasteiger partial charge in [0.2, 0.25) is 0 Å². The summed E-state index contributed by atoms with van der Waals surface area (Å²) in [5, 5.41) is 5.55. The van der Waals surface area contributed by atoms with Crippen LogP contribution in [-0.4, -0.2) is 29.0 Å². The Morgan fingerprint density at radius 1 is 1.00 bits per heavy atom. The molecule has 0 fully saturated rings. The van der Waals surface area contributed by atoms with Crippen LogP contribution in [0, 0.1) is 5.82 Å². The Bertz CT molecular complexity index is 959. The Labute approximate surface area is 154 Å². The molecular formula is C19H15FN4O3. The predicted molar refractivity (Wildman–Crippen MR) is 97.4 cm³/mol. The van der Waals surface area contributed by atoms with Gasteiger partial charge in [0.05, 0.1) is 25.1 Å². The SMILES string of the molecule is COC(=O)c1ccc(Nc2cnc(C(=O)Nc3cccc(F)c3)cn2)cc1. The minimum absolute atomic E-state index is 0.0888. The summed E-state index contributed by atoms with van der Waals surface area (Å²) in [6.45, 7) is 0. The van der Waals surface area contributed by atoms with Gasteiger partial charge < -0.3 is 15.4 Å². The van der Waals surface area contributed by atoms with Crippen LogP contribution in [0.5, 0.6) is 0 Å². The topological polar surface area (TPSA) is 93.2 Å². The first-order valence-electron chi connectivity index (χ1n) is 7.89. The molecular weight excluding hydrogens is 351 g/mol. The van der Waals surface area contributed by atoms with Gasteiger partial charge in [-0.15, -0.1) is 0 Å². The van der Waals surface area contributed by atoms with E-state index in [0.717, 1.165) is 0 Å². The summed E-state index contributed by atoms with van der Waals surface area (Å²) in [7, 11) is 1.32. The number of rotatable bonds is 5. The summed E-state index contributed by atoms with van der Waals surface area (Å²) in [6, 6.07) is 12.2. The highest BCUT2D eigenvalue weighted by atomic mass is 19.1. The van der Waals surface area contributed by atoms with Gasteiger partial charge >= 0.3 is 5.97 Å². The van der Waals surface area contributed by atoms with Crippen LogP contribution in [-0.2, 0) is 4.74 Å². The van der Waals surface area contributed by atoms with Crippen LogP contribution in [0.4, 0.5) is 21.6 Å². The number of halogens is 1. The van der Waals surface area contributed by atoms with Crippen LogP contribution < -0.4 is 10.6 Å². The minimum Gasteiger partial charge on any atom is -0.465 e. The minimum atomic E-state index is -0.498. The molecule has 0 saturated carbocycles. The molecule has 1 aromatic heterocycles. The Morgan fingerprint density at radius 2 is 1.78 bits per heavy atom. The summed E-state index contributed by atoms with van der Waals surface area (Å²) in [6.07, 6.45) is 2.70. The summed E-state index contributed by atoms with van der Waals surface area (Å²) >= 11 is 0. The van der Waals surface area contributed by atoms with Gasteiger partial charge in [-0.1, -0.05) is 6.07 Å². The molecule has 0 bridgehead atoms. The monoisotopic (exact) mass is 366 g/mol. The zero-order valence-corrected chi connectivity index (χ0v) is 14.3. The van der Waals surface area contributed by atoms with Crippen molar-refractivity contribution in [2.45, 2.75) is 0 Å². The average Bonchev–Trinajstić information content (AvgIpc) is 2.68. The molecule has 2 N–H and O–H groups in total. The molecule has 0 aliphatic rings. The number of nitrogens with zero attached hydrogens (tertiary/aromatic N) is 2. The Morgan fingerprint density at radius 3 is 2.41 bits per heavy atom. The van der Waals surface area contributed by atoms with E-state index in [1.807, 2.05) is 0 Å². The molecule has 3 rings (SSSR count). The number of methoxy groups -OCH3 is 1.